The molecule has 5 rings (SSSR count). The van der Waals surface area contributed by atoms with Crippen molar-refractivity contribution in [2.45, 2.75) is 46.3 Å². The Balaban J connectivity index is 1.79. The summed E-state index contributed by atoms with van der Waals surface area (Å²) >= 11 is 7.85. The minimum atomic E-state index is -0.698. The molecule has 0 bridgehead atoms. The third-order valence-corrected chi connectivity index (χ3v) is 7.55. The van der Waals surface area contributed by atoms with Gasteiger partial charge in [-0.15, -0.1) is 11.3 Å². The molecule has 3 aromatic carbocycles. The van der Waals surface area contributed by atoms with Crippen LogP contribution in [0.15, 0.2) is 54.7 Å². The third-order valence-electron chi connectivity index (χ3n) is 6.16. The topological polar surface area (TPSA) is 57.0 Å². The summed E-state index contributed by atoms with van der Waals surface area (Å²) in [6.45, 7) is 9.53. The van der Waals surface area contributed by atoms with E-state index in [0.29, 0.717) is 5.02 Å². The number of fused-ring (bicyclic) bond motifs is 2. The largest absolute Gasteiger partial charge is 0.360 e. The lowest BCUT2D eigenvalue weighted by molar-refractivity contribution is -0.138. The molecular weight excluding hydrogens is 490 g/mol. The summed E-state index contributed by atoms with van der Waals surface area (Å²) in [5.41, 5.74) is 6.27. The minimum Gasteiger partial charge on any atom is -0.360 e. The second kappa shape index (κ2) is 9.11. The Kier molecular flexibility index (Phi) is 6.23. The summed E-state index contributed by atoms with van der Waals surface area (Å²) in [7, 11) is 1.94. The molecule has 0 unspecified atom stereocenters. The number of nitrogens with zero attached hydrogens (tertiary/aromatic N) is 3. The summed E-state index contributed by atoms with van der Waals surface area (Å²) in [5.74, 6) is -0.0333. The van der Waals surface area contributed by atoms with Crippen molar-refractivity contribution in [2.24, 2.45) is 7.05 Å². The van der Waals surface area contributed by atoms with Crippen molar-refractivity contribution >= 4 is 49.8 Å². The molecule has 0 aliphatic heterocycles. The quantitative estimate of drug-likeness (QED) is 0.237. The van der Waals surface area contributed by atoms with Crippen LogP contribution < -0.4 is 0 Å². The van der Waals surface area contributed by atoms with Crippen LogP contribution in [-0.2, 0) is 16.6 Å². The van der Waals surface area contributed by atoms with Crippen LogP contribution in [0.3, 0.4) is 0 Å². The number of aromatic nitrogens is 3. The van der Waals surface area contributed by atoms with Crippen LogP contribution in [0.4, 0.5) is 0 Å². The number of ether oxygens (including phenoxy) is 1. The third kappa shape index (κ3) is 4.57. The van der Waals surface area contributed by atoms with Gasteiger partial charge in [-0.25, -0.2) is 4.98 Å². The van der Waals surface area contributed by atoms with Crippen molar-refractivity contribution in [2.75, 3.05) is 0 Å². The molecule has 0 N–H and O–H groups in total. The number of hydrogen-bond acceptors (Lipinski definition) is 5. The van der Waals surface area contributed by atoms with Gasteiger partial charge in [0, 0.05) is 34.1 Å². The van der Waals surface area contributed by atoms with Crippen molar-refractivity contribution in [3.05, 3.63) is 70.9 Å². The molecule has 5 nitrogen and oxygen atoms in total. The zero-order valence-corrected chi connectivity index (χ0v) is 22.8. The zero-order chi connectivity index (χ0) is 25.8. The van der Waals surface area contributed by atoms with Crippen LogP contribution in [-0.4, -0.2) is 26.1 Å². The van der Waals surface area contributed by atoms with E-state index in [2.05, 4.69) is 29.4 Å². The lowest BCUT2D eigenvalue weighted by Gasteiger charge is -2.29. The first kappa shape index (κ1) is 24.6. The first-order valence-corrected chi connectivity index (χ1v) is 13.0. The molecule has 0 radical (unpaired) electrons. The smallest absolute Gasteiger partial charge is 0.163 e. The summed E-state index contributed by atoms with van der Waals surface area (Å²) in [4.78, 5) is 18.0. The van der Waals surface area contributed by atoms with Gasteiger partial charge in [0.2, 0.25) is 0 Å². The maximum Gasteiger partial charge on any atom is 0.163 e. The fourth-order valence-electron chi connectivity index (χ4n) is 4.55. The summed E-state index contributed by atoms with van der Waals surface area (Å²) in [5, 5.41) is 7.03. The van der Waals surface area contributed by atoms with E-state index >= 15 is 0 Å². The first-order chi connectivity index (χ1) is 17.0. The summed E-state index contributed by atoms with van der Waals surface area (Å²) in [6, 6.07) is 16.1. The van der Waals surface area contributed by atoms with E-state index in [0.717, 1.165) is 53.9 Å². The number of aryl methyl sites for hydroxylation is 2. The number of ketones is 1. The van der Waals surface area contributed by atoms with Gasteiger partial charge in [0.1, 0.15) is 11.1 Å². The highest BCUT2D eigenvalue weighted by Crippen LogP contribution is 2.44. The van der Waals surface area contributed by atoms with E-state index in [-0.39, 0.29) is 5.78 Å². The Morgan fingerprint density at radius 3 is 2.44 bits per heavy atom. The molecule has 0 fully saturated rings. The van der Waals surface area contributed by atoms with Crippen molar-refractivity contribution in [1.29, 1.82) is 0 Å². The van der Waals surface area contributed by atoms with E-state index in [1.54, 1.807) is 18.3 Å². The van der Waals surface area contributed by atoms with Crippen molar-refractivity contribution in [3.8, 4) is 21.7 Å². The van der Waals surface area contributed by atoms with Crippen LogP contribution in [0.2, 0.25) is 5.02 Å². The second-order valence-electron chi connectivity index (χ2n) is 10.1. The second-order valence-corrected chi connectivity index (χ2v) is 11.6. The molecule has 184 valence electrons. The number of rotatable bonds is 5. The van der Waals surface area contributed by atoms with Crippen LogP contribution in [0, 0.1) is 6.92 Å². The molecule has 0 saturated carbocycles. The van der Waals surface area contributed by atoms with Crippen molar-refractivity contribution < 1.29 is 9.53 Å². The van der Waals surface area contributed by atoms with Crippen LogP contribution >= 0.6 is 22.9 Å². The molecule has 0 spiro atoms. The Morgan fingerprint density at radius 2 is 1.78 bits per heavy atom. The Morgan fingerprint density at radius 1 is 1.08 bits per heavy atom. The molecule has 0 saturated heterocycles. The van der Waals surface area contributed by atoms with E-state index in [1.165, 1.54) is 0 Å². The standard InChI is InChI=1S/C29H28ClN3O2S/c1-16-13-22-27(36-28(32-22)19-7-8-20-15-31-33(6)23(20)14-19)25(18-9-11-21(30)12-10-18)24(16)26(17(2)34)35-29(3,4)5/h7-15,26H,1-6H3/t26-/m1/s1. The average Bonchev–Trinajstić information content (AvgIpc) is 3.40. The van der Waals surface area contributed by atoms with Crippen molar-refractivity contribution in [3.63, 3.8) is 0 Å². The van der Waals surface area contributed by atoms with E-state index in [9.17, 15) is 4.79 Å². The number of carbonyl (C=O) groups excluding carboxylic acids is 1. The minimum absolute atomic E-state index is 0.0333. The molecule has 1 atom stereocenters. The summed E-state index contributed by atoms with van der Waals surface area (Å²) in [6.07, 6.45) is 1.17. The molecule has 2 aromatic heterocycles. The maximum absolute atomic E-state index is 12.9. The SMILES string of the molecule is CC(=O)[C@@H](OC(C)(C)C)c1c(C)cc2nc(-c3ccc4cnn(C)c4c3)sc2c1-c1ccc(Cl)cc1. The van der Waals surface area contributed by atoms with Gasteiger partial charge >= 0.3 is 0 Å². The van der Waals surface area contributed by atoms with Gasteiger partial charge in [-0.2, -0.15) is 5.10 Å². The van der Waals surface area contributed by atoms with Crippen LogP contribution in [0.25, 0.3) is 42.8 Å². The van der Waals surface area contributed by atoms with Gasteiger partial charge in [-0.1, -0.05) is 35.9 Å². The predicted octanol–water partition coefficient (Wildman–Crippen LogP) is 7.92. The molecule has 5 aromatic rings. The number of Topliss-reactive ketones (excluding diaryl/α,β-unsaturated/α-hetero) is 1. The predicted molar refractivity (Wildman–Crippen MR) is 149 cm³/mol. The van der Waals surface area contributed by atoms with E-state index < -0.39 is 11.7 Å². The van der Waals surface area contributed by atoms with Crippen LogP contribution in [0.5, 0.6) is 0 Å². The fourth-order valence-corrected chi connectivity index (χ4v) is 5.80. The molecule has 0 amide bonds. The Hall–Kier alpha value is -3.06. The molecule has 7 heteroatoms. The number of benzene rings is 3. The van der Waals surface area contributed by atoms with Gasteiger partial charge in [0.15, 0.2) is 5.78 Å². The summed E-state index contributed by atoms with van der Waals surface area (Å²) < 4.78 is 9.23. The molecule has 0 aliphatic carbocycles. The van der Waals surface area contributed by atoms with Gasteiger partial charge in [0.25, 0.3) is 0 Å². The molecule has 36 heavy (non-hydrogen) atoms. The van der Waals surface area contributed by atoms with E-state index in [4.69, 9.17) is 21.3 Å². The van der Waals surface area contributed by atoms with Gasteiger partial charge in [-0.05, 0) is 70.0 Å². The van der Waals surface area contributed by atoms with Gasteiger partial charge in [0.05, 0.1) is 27.5 Å². The molecule has 2 heterocycles. The normalized spacial score (nSPS) is 13.0. The van der Waals surface area contributed by atoms with E-state index in [1.807, 2.05) is 69.9 Å². The van der Waals surface area contributed by atoms with Crippen molar-refractivity contribution in [1.82, 2.24) is 14.8 Å². The number of thiazole rings is 1. The molecular formula is C29H28ClN3O2S. The Bertz CT molecular complexity index is 1610. The lowest BCUT2D eigenvalue weighted by atomic mass is 9.90. The highest BCUT2D eigenvalue weighted by Gasteiger charge is 2.30. The first-order valence-electron chi connectivity index (χ1n) is 11.8. The number of carbonyl (C=O) groups is 1. The number of hydrogen-bond donors (Lipinski definition) is 0. The highest BCUT2D eigenvalue weighted by molar-refractivity contribution is 7.22. The molecule has 0 aliphatic rings. The average molecular weight is 518 g/mol. The highest BCUT2D eigenvalue weighted by atomic mass is 35.5. The van der Waals surface area contributed by atoms with Gasteiger partial charge < -0.3 is 4.74 Å². The zero-order valence-electron chi connectivity index (χ0n) is 21.2. The monoisotopic (exact) mass is 517 g/mol. The Labute approximate surface area is 219 Å². The fraction of sp³-hybridized carbons (Fsp3) is 0.276. The van der Waals surface area contributed by atoms with Gasteiger partial charge in [-0.3, -0.25) is 9.48 Å². The lowest BCUT2D eigenvalue weighted by Crippen LogP contribution is -2.27. The maximum atomic E-state index is 12.9. The van der Waals surface area contributed by atoms with Crippen LogP contribution in [0.1, 0.15) is 44.9 Å². The number of halogens is 1.